The predicted molar refractivity (Wildman–Crippen MR) is 75.9 cm³/mol. The number of nitrogens with one attached hydrogen (secondary N) is 1. The second-order valence-corrected chi connectivity index (χ2v) is 4.77. The van der Waals surface area contributed by atoms with E-state index < -0.39 is 0 Å². The lowest BCUT2D eigenvalue weighted by atomic mass is 10.1. The fourth-order valence-corrected chi connectivity index (χ4v) is 2.42. The first-order valence-electron chi connectivity index (χ1n) is 6.29. The molecule has 0 amide bonds. The number of hydrogen-bond donors (Lipinski definition) is 1. The third kappa shape index (κ3) is 2.60. The Bertz CT molecular complexity index is 634. The Hall–Kier alpha value is -2.28. The third-order valence-corrected chi connectivity index (χ3v) is 3.37. The summed E-state index contributed by atoms with van der Waals surface area (Å²) in [5.41, 5.74) is 5.03. The molecule has 4 nitrogen and oxygen atoms in total. The molecule has 1 aromatic heterocycles. The summed E-state index contributed by atoms with van der Waals surface area (Å²) in [6, 6.07) is 9.82. The third-order valence-electron chi connectivity index (χ3n) is 3.37. The minimum Gasteiger partial charge on any atom is -0.378 e. The molecule has 4 heteroatoms. The lowest BCUT2D eigenvalue weighted by molar-refractivity contribution is 0.728. The molecule has 0 radical (unpaired) electrons. The summed E-state index contributed by atoms with van der Waals surface area (Å²) in [5, 5.41) is 16.8. The zero-order chi connectivity index (χ0) is 14.0. The standard InChI is InChI=1S/C15H18N4/c1-10(15-11(2)18-19(4)12(15)3)17-14-7-5-6-13(8-14)9-16/h5-8,10,17H,1-4H3. The van der Waals surface area contributed by atoms with Crippen LogP contribution in [0.25, 0.3) is 0 Å². The monoisotopic (exact) mass is 254 g/mol. The van der Waals surface area contributed by atoms with Crippen molar-refractivity contribution in [1.82, 2.24) is 9.78 Å². The molecule has 0 aliphatic carbocycles. The van der Waals surface area contributed by atoms with E-state index in [9.17, 15) is 0 Å². The number of aromatic nitrogens is 2. The average Bonchev–Trinajstić information content (AvgIpc) is 2.63. The fourth-order valence-electron chi connectivity index (χ4n) is 2.42. The van der Waals surface area contributed by atoms with Crippen LogP contribution in [0.4, 0.5) is 5.69 Å². The van der Waals surface area contributed by atoms with Gasteiger partial charge in [0, 0.05) is 24.0 Å². The van der Waals surface area contributed by atoms with Crippen LogP contribution in [0.2, 0.25) is 0 Å². The maximum atomic E-state index is 8.91. The topological polar surface area (TPSA) is 53.6 Å². The van der Waals surface area contributed by atoms with Crippen LogP contribution < -0.4 is 5.32 Å². The molecule has 0 bridgehead atoms. The highest BCUT2D eigenvalue weighted by Gasteiger charge is 2.16. The van der Waals surface area contributed by atoms with Crippen molar-refractivity contribution in [3.63, 3.8) is 0 Å². The summed E-state index contributed by atoms with van der Waals surface area (Å²) in [6.45, 7) is 6.20. The highest BCUT2D eigenvalue weighted by molar-refractivity contribution is 5.51. The van der Waals surface area contributed by atoms with E-state index in [4.69, 9.17) is 5.26 Å². The van der Waals surface area contributed by atoms with Gasteiger partial charge in [0.05, 0.1) is 23.4 Å². The minimum atomic E-state index is 0.155. The molecule has 2 rings (SSSR count). The fraction of sp³-hybridized carbons (Fsp3) is 0.333. The second kappa shape index (κ2) is 5.15. The Kier molecular flexibility index (Phi) is 3.57. The van der Waals surface area contributed by atoms with Gasteiger partial charge < -0.3 is 5.32 Å². The number of nitrogens with zero attached hydrogens (tertiary/aromatic N) is 3. The summed E-state index contributed by atoms with van der Waals surface area (Å²) in [7, 11) is 1.95. The summed E-state index contributed by atoms with van der Waals surface area (Å²) < 4.78 is 1.90. The Morgan fingerprint density at radius 3 is 2.68 bits per heavy atom. The highest BCUT2D eigenvalue weighted by atomic mass is 15.3. The molecule has 0 aliphatic rings. The Balaban J connectivity index is 2.25. The molecular weight excluding hydrogens is 236 g/mol. The van der Waals surface area contributed by atoms with Gasteiger partial charge in [0.2, 0.25) is 0 Å². The molecule has 0 spiro atoms. The number of hydrogen-bond acceptors (Lipinski definition) is 3. The van der Waals surface area contributed by atoms with Gasteiger partial charge in [-0.05, 0) is 39.0 Å². The number of rotatable bonds is 3. The second-order valence-electron chi connectivity index (χ2n) is 4.77. The van der Waals surface area contributed by atoms with Gasteiger partial charge in [-0.2, -0.15) is 10.4 Å². The van der Waals surface area contributed by atoms with E-state index in [1.54, 1.807) is 6.07 Å². The van der Waals surface area contributed by atoms with Crippen molar-refractivity contribution < 1.29 is 0 Å². The molecule has 1 heterocycles. The molecule has 0 aliphatic heterocycles. The smallest absolute Gasteiger partial charge is 0.0992 e. The van der Waals surface area contributed by atoms with E-state index >= 15 is 0 Å². The SMILES string of the molecule is Cc1nn(C)c(C)c1C(C)Nc1cccc(C#N)c1. The van der Waals surface area contributed by atoms with Crippen molar-refractivity contribution in [2.45, 2.75) is 26.8 Å². The van der Waals surface area contributed by atoms with Gasteiger partial charge in [0.15, 0.2) is 0 Å². The number of anilines is 1. The van der Waals surface area contributed by atoms with Crippen molar-refractivity contribution in [2.75, 3.05) is 5.32 Å². The number of aryl methyl sites for hydroxylation is 2. The van der Waals surface area contributed by atoms with E-state index in [0.29, 0.717) is 5.56 Å². The van der Waals surface area contributed by atoms with Crippen LogP contribution >= 0.6 is 0 Å². The van der Waals surface area contributed by atoms with Gasteiger partial charge in [0.25, 0.3) is 0 Å². The van der Waals surface area contributed by atoms with E-state index in [0.717, 1.165) is 17.1 Å². The number of benzene rings is 1. The maximum Gasteiger partial charge on any atom is 0.0992 e. The summed E-state index contributed by atoms with van der Waals surface area (Å²) in [5.74, 6) is 0. The van der Waals surface area contributed by atoms with Crippen LogP contribution in [-0.4, -0.2) is 9.78 Å². The Morgan fingerprint density at radius 1 is 1.37 bits per heavy atom. The van der Waals surface area contributed by atoms with Gasteiger partial charge in [-0.15, -0.1) is 0 Å². The Morgan fingerprint density at radius 2 is 2.11 bits per heavy atom. The molecular formula is C15H18N4. The average molecular weight is 254 g/mol. The lowest BCUT2D eigenvalue weighted by Gasteiger charge is -2.16. The van der Waals surface area contributed by atoms with Gasteiger partial charge in [-0.25, -0.2) is 0 Å². The molecule has 0 fully saturated rings. The minimum absolute atomic E-state index is 0.155. The zero-order valence-electron chi connectivity index (χ0n) is 11.7. The van der Waals surface area contributed by atoms with Crippen LogP contribution in [0.1, 0.15) is 35.5 Å². The molecule has 98 valence electrons. The van der Waals surface area contributed by atoms with Gasteiger partial charge in [0.1, 0.15) is 0 Å². The number of nitriles is 1. The maximum absolute atomic E-state index is 8.91. The van der Waals surface area contributed by atoms with Crippen LogP contribution in [-0.2, 0) is 7.05 Å². The zero-order valence-corrected chi connectivity index (χ0v) is 11.7. The van der Waals surface area contributed by atoms with Crippen LogP contribution in [0.15, 0.2) is 24.3 Å². The first-order valence-corrected chi connectivity index (χ1v) is 6.29. The van der Waals surface area contributed by atoms with Gasteiger partial charge >= 0.3 is 0 Å². The summed E-state index contributed by atoms with van der Waals surface area (Å²) >= 11 is 0. The molecule has 2 aromatic rings. The van der Waals surface area contributed by atoms with Crippen molar-refractivity contribution in [3.05, 3.63) is 46.8 Å². The largest absolute Gasteiger partial charge is 0.378 e. The van der Waals surface area contributed by atoms with Gasteiger partial charge in [-0.1, -0.05) is 6.07 Å². The molecule has 1 aromatic carbocycles. The van der Waals surface area contributed by atoms with Crippen molar-refractivity contribution in [3.8, 4) is 6.07 Å². The summed E-state index contributed by atoms with van der Waals surface area (Å²) in [6.07, 6.45) is 0. The van der Waals surface area contributed by atoms with Crippen LogP contribution in [0.5, 0.6) is 0 Å². The summed E-state index contributed by atoms with van der Waals surface area (Å²) in [4.78, 5) is 0. The lowest BCUT2D eigenvalue weighted by Crippen LogP contribution is -2.09. The molecule has 19 heavy (non-hydrogen) atoms. The predicted octanol–water partition coefficient (Wildman–Crippen LogP) is 3.08. The Labute approximate surface area is 113 Å². The normalized spacial score (nSPS) is 11.9. The molecule has 1 N–H and O–H groups in total. The quantitative estimate of drug-likeness (QED) is 0.915. The van der Waals surface area contributed by atoms with E-state index in [-0.39, 0.29) is 6.04 Å². The van der Waals surface area contributed by atoms with Crippen LogP contribution in [0.3, 0.4) is 0 Å². The van der Waals surface area contributed by atoms with Crippen LogP contribution in [0, 0.1) is 25.2 Å². The molecule has 1 unspecified atom stereocenters. The van der Waals surface area contributed by atoms with Gasteiger partial charge in [-0.3, -0.25) is 4.68 Å². The van der Waals surface area contributed by atoms with E-state index in [1.807, 2.05) is 36.9 Å². The van der Waals surface area contributed by atoms with Crippen molar-refractivity contribution in [1.29, 1.82) is 5.26 Å². The van der Waals surface area contributed by atoms with Crippen molar-refractivity contribution in [2.24, 2.45) is 7.05 Å². The molecule has 1 atom stereocenters. The van der Waals surface area contributed by atoms with E-state index in [2.05, 4.69) is 30.3 Å². The first kappa shape index (κ1) is 13.2. The molecule has 0 saturated carbocycles. The first-order chi connectivity index (χ1) is 9.02. The highest BCUT2D eigenvalue weighted by Crippen LogP contribution is 2.24. The van der Waals surface area contributed by atoms with E-state index in [1.165, 1.54) is 5.56 Å². The molecule has 0 saturated heterocycles. The van der Waals surface area contributed by atoms with Crippen molar-refractivity contribution >= 4 is 5.69 Å².